The second-order valence-electron chi connectivity index (χ2n) is 7.19. The first kappa shape index (κ1) is 27.8. The lowest BCUT2D eigenvalue weighted by molar-refractivity contribution is -0.158. The van der Waals surface area contributed by atoms with Gasteiger partial charge < -0.3 is 19.7 Å². The Bertz CT molecular complexity index is 518. The molecule has 30 heavy (non-hydrogen) atoms. The molecule has 0 spiro atoms. The molecule has 0 unspecified atom stereocenters. The van der Waals surface area contributed by atoms with E-state index in [0.29, 0.717) is 13.2 Å². The number of hydrogen-bond donors (Lipinski definition) is 2. The maximum Gasteiger partial charge on any atom is 0.310 e. The number of allylic oxidation sites excluding steroid dienone is 4. The minimum absolute atomic E-state index is 0.125. The maximum absolute atomic E-state index is 11.9. The van der Waals surface area contributed by atoms with Crippen molar-refractivity contribution in [2.45, 2.75) is 57.8 Å². The van der Waals surface area contributed by atoms with Crippen molar-refractivity contribution >= 4 is 11.9 Å². The number of carbonyl (C=O) groups is 2. The third kappa shape index (κ3) is 14.8. The average Bonchev–Trinajstić information content (AvgIpc) is 2.70. The van der Waals surface area contributed by atoms with Crippen molar-refractivity contribution in [3.63, 3.8) is 0 Å². The van der Waals surface area contributed by atoms with Crippen LogP contribution >= 0.6 is 0 Å². The number of hydrogen-bond acceptors (Lipinski definition) is 4. The molecule has 0 aromatic rings. The van der Waals surface area contributed by atoms with Gasteiger partial charge in [0.05, 0.1) is 25.0 Å². The summed E-state index contributed by atoms with van der Waals surface area (Å²) in [5.74, 6) is -2.27. The first-order valence-electron chi connectivity index (χ1n) is 10.6. The highest BCUT2D eigenvalue weighted by Gasteiger charge is 2.40. The van der Waals surface area contributed by atoms with Gasteiger partial charge in [0, 0.05) is 13.2 Å². The molecule has 0 amide bonds. The van der Waals surface area contributed by atoms with Gasteiger partial charge >= 0.3 is 11.9 Å². The van der Waals surface area contributed by atoms with E-state index in [4.69, 9.17) is 9.47 Å². The third-order valence-electron chi connectivity index (χ3n) is 4.71. The van der Waals surface area contributed by atoms with Crippen LogP contribution in [0.1, 0.15) is 57.8 Å². The van der Waals surface area contributed by atoms with Crippen molar-refractivity contribution in [1.82, 2.24) is 0 Å². The number of carboxylic acids is 2. The number of ether oxygens (including phenoxy) is 2. The Labute approximate surface area is 181 Å². The van der Waals surface area contributed by atoms with Crippen molar-refractivity contribution in [3.05, 3.63) is 49.6 Å². The SMILES string of the molecule is C=CCCCC=CCOCCC(CCOCC=CCCCC=C)(CC(=O)O)C(=O)O. The molecule has 0 atom stereocenters. The Balaban J connectivity index is 4.40. The van der Waals surface area contributed by atoms with Crippen molar-refractivity contribution in [2.24, 2.45) is 5.41 Å². The van der Waals surface area contributed by atoms with Gasteiger partial charge in [-0.2, -0.15) is 0 Å². The number of aliphatic carboxylic acids is 2. The summed E-state index contributed by atoms with van der Waals surface area (Å²) < 4.78 is 11.0. The number of carboxylic acid groups (broad SMARTS) is 2. The summed E-state index contributed by atoms with van der Waals surface area (Å²) in [6, 6.07) is 0. The topological polar surface area (TPSA) is 93.1 Å². The van der Waals surface area contributed by atoms with Gasteiger partial charge in [0.15, 0.2) is 0 Å². The highest BCUT2D eigenvalue weighted by molar-refractivity contribution is 5.81. The van der Waals surface area contributed by atoms with E-state index in [-0.39, 0.29) is 26.1 Å². The summed E-state index contributed by atoms with van der Waals surface area (Å²) in [4.78, 5) is 23.1. The summed E-state index contributed by atoms with van der Waals surface area (Å²) in [5, 5.41) is 18.9. The zero-order valence-electron chi connectivity index (χ0n) is 18.1. The fraction of sp³-hybridized carbons (Fsp3) is 0.583. The Morgan fingerprint density at radius 3 is 1.60 bits per heavy atom. The zero-order chi connectivity index (χ0) is 22.5. The van der Waals surface area contributed by atoms with Gasteiger partial charge in [0.25, 0.3) is 0 Å². The first-order valence-corrected chi connectivity index (χ1v) is 10.6. The van der Waals surface area contributed by atoms with Crippen LogP contribution in [0, 0.1) is 5.41 Å². The van der Waals surface area contributed by atoms with Gasteiger partial charge in [0.2, 0.25) is 0 Å². The van der Waals surface area contributed by atoms with Crippen LogP contribution in [0.25, 0.3) is 0 Å². The molecule has 170 valence electrons. The van der Waals surface area contributed by atoms with Crippen molar-refractivity contribution in [1.29, 1.82) is 0 Å². The lowest BCUT2D eigenvalue weighted by atomic mass is 9.78. The van der Waals surface area contributed by atoms with Gasteiger partial charge in [-0.25, -0.2) is 0 Å². The second-order valence-corrected chi connectivity index (χ2v) is 7.19. The van der Waals surface area contributed by atoms with Gasteiger partial charge in [0.1, 0.15) is 0 Å². The minimum atomic E-state index is -1.40. The van der Waals surface area contributed by atoms with Crippen LogP contribution in [-0.2, 0) is 19.1 Å². The summed E-state index contributed by atoms with van der Waals surface area (Å²) in [5.41, 5.74) is -1.40. The highest BCUT2D eigenvalue weighted by Crippen LogP contribution is 2.32. The monoisotopic (exact) mass is 422 g/mol. The molecule has 0 heterocycles. The van der Waals surface area contributed by atoms with Crippen molar-refractivity contribution in [3.8, 4) is 0 Å². The van der Waals surface area contributed by atoms with E-state index in [2.05, 4.69) is 13.2 Å². The van der Waals surface area contributed by atoms with E-state index in [1.807, 2.05) is 36.5 Å². The molecule has 0 fully saturated rings. The molecule has 0 aliphatic carbocycles. The number of rotatable bonds is 21. The van der Waals surface area contributed by atoms with Crippen LogP contribution in [-0.4, -0.2) is 48.6 Å². The molecule has 0 radical (unpaired) electrons. The molecular weight excluding hydrogens is 384 g/mol. The molecule has 6 nitrogen and oxygen atoms in total. The molecule has 0 saturated heterocycles. The molecule has 0 aliphatic rings. The molecule has 2 N–H and O–H groups in total. The molecule has 0 aliphatic heterocycles. The molecule has 0 aromatic heterocycles. The predicted octanol–water partition coefficient (Wildman–Crippen LogP) is 5.17. The van der Waals surface area contributed by atoms with Gasteiger partial charge in [-0.1, -0.05) is 36.5 Å². The predicted molar refractivity (Wildman–Crippen MR) is 120 cm³/mol. The lowest BCUT2D eigenvalue weighted by Crippen LogP contribution is -2.36. The lowest BCUT2D eigenvalue weighted by Gasteiger charge is -2.27. The van der Waals surface area contributed by atoms with Crippen LogP contribution in [0.4, 0.5) is 0 Å². The summed E-state index contributed by atoms with van der Waals surface area (Å²) in [6.07, 6.45) is 17.3. The Morgan fingerprint density at radius 2 is 1.23 bits per heavy atom. The smallest absolute Gasteiger partial charge is 0.310 e. The minimum Gasteiger partial charge on any atom is -0.481 e. The molecule has 0 rings (SSSR count). The van der Waals surface area contributed by atoms with E-state index in [1.165, 1.54) is 0 Å². The van der Waals surface area contributed by atoms with Crippen LogP contribution < -0.4 is 0 Å². The quantitative estimate of drug-likeness (QED) is 0.196. The molecule has 0 aromatic carbocycles. The van der Waals surface area contributed by atoms with Crippen LogP contribution in [0.2, 0.25) is 0 Å². The van der Waals surface area contributed by atoms with Gasteiger partial charge in [-0.05, 0) is 51.4 Å². The fourth-order valence-corrected chi connectivity index (χ4v) is 2.85. The Kier molecular flexibility index (Phi) is 17.5. The molecule has 0 bridgehead atoms. The van der Waals surface area contributed by atoms with E-state index in [9.17, 15) is 19.8 Å². The molecule has 0 saturated carbocycles. The van der Waals surface area contributed by atoms with Crippen molar-refractivity contribution in [2.75, 3.05) is 26.4 Å². The standard InChI is InChI=1S/C24H38O6/c1-3-5-7-9-11-13-17-29-19-15-24(23(27)28,21-22(25)26)16-20-30-18-14-12-10-8-6-4-2/h3-4,11-14H,1-2,5-10,15-21H2,(H,25,26)(H,27,28). The zero-order valence-corrected chi connectivity index (χ0v) is 18.1. The third-order valence-corrected chi connectivity index (χ3v) is 4.71. The van der Waals surface area contributed by atoms with E-state index in [0.717, 1.165) is 38.5 Å². The van der Waals surface area contributed by atoms with E-state index < -0.39 is 23.8 Å². The average molecular weight is 423 g/mol. The van der Waals surface area contributed by atoms with Crippen LogP contribution in [0.3, 0.4) is 0 Å². The number of unbranched alkanes of at least 4 members (excludes halogenated alkanes) is 4. The Hall–Kier alpha value is -2.18. The maximum atomic E-state index is 11.9. The van der Waals surface area contributed by atoms with Gasteiger partial charge in [-0.3, -0.25) is 9.59 Å². The molecule has 6 heteroatoms. The normalized spacial score (nSPS) is 13.5. The van der Waals surface area contributed by atoms with Crippen LogP contribution in [0.15, 0.2) is 49.6 Å². The second kappa shape index (κ2) is 18.8. The first-order chi connectivity index (χ1) is 14.5. The highest BCUT2D eigenvalue weighted by atomic mass is 16.5. The largest absolute Gasteiger partial charge is 0.481 e. The summed E-state index contributed by atoms with van der Waals surface area (Å²) in [7, 11) is 0. The van der Waals surface area contributed by atoms with Crippen LogP contribution in [0.5, 0.6) is 0 Å². The fourth-order valence-electron chi connectivity index (χ4n) is 2.85. The summed E-state index contributed by atoms with van der Waals surface area (Å²) >= 11 is 0. The van der Waals surface area contributed by atoms with E-state index >= 15 is 0 Å². The van der Waals surface area contributed by atoms with Crippen molar-refractivity contribution < 1.29 is 29.3 Å². The summed E-state index contributed by atoms with van der Waals surface area (Å²) in [6.45, 7) is 8.46. The van der Waals surface area contributed by atoms with Gasteiger partial charge in [-0.15, -0.1) is 13.2 Å². The van der Waals surface area contributed by atoms with E-state index in [1.54, 1.807) is 0 Å². The molecular formula is C24H38O6. The Morgan fingerprint density at radius 1 is 0.767 bits per heavy atom.